The summed E-state index contributed by atoms with van der Waals surface area (Å²) in [6.45, 7) is 1.94. The van der Waals surface area contributed by atoms with Crippen molar-refractivity contribution in [2.45, 2.75) is 50.6 Å². The van der Waals surface area contributed by atoms with Crippen molar-refractivity contribution in [2.75, 3.05) is 13.2 Å². The van der Waals surface area contributed by atoms with Crippen LogP contribution in [0, 0.1) is 11.8 Å². The molecule has 2 heteroatoms. The first-order valence-electron chi connectivity index (χ1n) is 6.27. The molecule has 3 rings (SSSR count). The summed E-state index contributed by atoms with van der Waals surface area (Å²) in [5.74, 6) is 2.15. The molecule has 3 atom stereocenters. The van der Waals surface area contributed by atoms with Crippen LogP contribution >= 0.6 is 0 Å². The molecule has 3 fully saturated rings. The zero-order chi connectivity index (χ0) is 9.38. The van der Waals surface area contributed by atoms with Gasteiger partial charge in [0, 0.05) is 25.3 Å². The molecule has 1 saturated heterocycles. The van der Waals surface area contributed by atoms with Crippen LogP contribution < -0.4 is 5.32 Å². The lowest BCUT2D eigenvalue weighted by molar-refractivity contribution is 0.0725. The van der Waals surface area contributed by atoms with E-state index in [4.69, 9.17) is 4.74 Å². The molecule has 1 aliphatic heterocycles. The van der Waals surface area contributed by atoms with E-state index in [1.165, 1.54) is 38.5 Å². The summed E-state index contributed by atoms with van der Waals surface area (Å²) in [6.07, 6.45) is 8.37. The smallest absolute Gasteiger partial charge is 0.0480 e. The summed E-state index contributed by atoms with van der Waals surface area (Å²) < 4.78 is 5.39. The van der Waals surface area contributed by atoms with Crippen LogP contribution in [-0.4, -0.2) is 25.3 Å². The maximum Gasteiger partial charge on any atom is 0.0480 e. The van der Waals surface area contributed by atoms with Gasteiger partial charge in [0.25, 0.3) is 0 Å². The molecule has 2 nitrogen and oxygen atoms in total. The molecule has 1 unspecified atom stereocenters. The Morgan fingerprint density at radius 2 is 1.86 bits per heavy atom. The van der Waals surface area contributed by atoms with E-state index in [0.717, 1.165) is 37.1 Å². The minimum absolute atomic E-state index is 0.757. The third-order valence-corrected chi connectivity index (χ3v) is 4.26. The minimum atomic E-state index is 0.757. The van der Waals surface area contributed by atoms with Crippen LogP contribution in [0.5, 0.6) is 0 Å². The number of rotatable bonds is 2. The van der Waals surface area contributed by atoms with Crippen molar-refractivity contribution >= 4 is 0 Å². The molecule has 0 amide bonds. The first-order valence-corrected chi connectivity index (χ1v) is 6.27. The Hall–Kier alpha value is -0.0800. The second-order valence-electron chi connectivity index (χ2n) is 5.25. The fourth-order valence-electron chi connectivity index (χ4n) is 3.28. The third kappa shape index (κ3) is 1.82. The van der Waals surface area contributed by atoms with Gasteiger partial charge in [-0.3, -0.25) is 0 Å². The first kappa shape index (κ1) is 9.17. The number of ether oxygens (including phenoxy) is 1. The summed E-state index contributed by atoms with van der Waals surface area (Å²) in [5.41, 5.74) is 0. The maximum absolute atomic E-state index is 5.39. The molecule has 0 aromatic rings. The molecular formula is C12H21NO. The second kappa shape index (κ2) is 3.82. The van der Waals surface area contributed by atoms with Crippen molar-refractivity contribution in [3.8, 4) is 0 Å². The van der Waals surface area contributed by atoms with Gasteiger partial charge in [-0.1, -0.05) is 12.8 Å². The standard InChI is InChI=1S/C12H21NO/c1-2-9-8-11(9)12(3-1)13-10-4-6-14-7-5-10/h9-13H,1-8H2/t9-,11+,12?/m0/s1. The van der Waals surface area contributed by atoms with Gasteiger partial charge in [-0.25, -0.2) is 0 Å². The molecule has 14 heavy (non-hydrogen) atoms. The summed E-state index contributed by atoms with van der Waals surface area (Å²) in [7, 11) is 0. The number of fused-ring (bicyclic) bond motifs is 1. The number of nitrogens with one attached hydrogen (secondary N) is 1. The van der Waals surface area contributed by atoms with E-state index in [-0.39, 0.29) is 0 Å². The second-order valence-corrected chi connectivity index (χ2v) is 5.25. The quantitative estimate of drug-likeness (QED) is 0.727. The van der Waals surface area contributed by atoms with Crippen molar-refractivity contribution in [1.29, 1.82) is 0 Å². The van der Waals surface area contributed by atoms with E-state index < -0.39 is 0 Å². The third-order valence-electron chi connectivity index (χ3n) is 4.26. The molecule has 0 aromatic heterocycles. The SMILES string of the molecule is C1CC(NC2CCOCC2)[C@@H]2C[C@@H]2C1. The van der Waals surface area contributed by atoms with Crippen LogP contribution in [0.3, 0.4) is 0 Å². The van der Waals surface area contributed by atoms with Gasteiger partial charge in [-0.05, 0) is 37.5 Å². The average molecular weight is 195 g/mol. The number of hydrogen-bond acceptors (Lipinski definition) is 2. The zero-order valence-electron chi connectivity index (χ0n) is 8.87. The average Bonchev–Trinajstić information content (AvgIpc) is 2.99. The summed E-state index contributed by atoms with van der Waals surface area (Å²) in [4.78, 5) is 0. The lowest BCUT2D eigenvalue weighted by Gasteiger charge is -2.30. The van der Waals surface area contributed by atoms with E-state index >= 15 is 0 Å². The van der Waals surface area contributed by atoms with Gasteiger partial charge in [-0.2, -0.15) is 0 Å². The van der Waals surface area contributed by atoms with E-state index in [0.29, 0.717) is 0 Å². The first-order chi connectivity index (χ1) is 6.93. The minimum Gasteiger partial charge on any atom is -0.381 e. The predicted molar refractivity (Wildman–Crippen MR) is 56.2 cm³/mol. The van der Waals surface area contributed by atoms with Crippen LogP contribution in [-0.2, 0) is 4.74 Å². The maximum atomic E-state index is 5.39. The Morgan fingerprint density at radius 3 is 2.71 bits per heavy atom. The Morgan fingerprint density at radius 1 is 1.00 bits per heavy atom. The van der Waals surface area contributed by atoms with E-state index in [9.17, 15) is 0 Å². The molecule has 2 aliphatic carbocycles. The molecule has 0 aromatic carbocycles. The van der Waals surface area contributed by atoms with Gasteiger partial charge in [0.15, 0.2) is 0 Å². The molecule has 1 N–H and O–H groups in total. The van der Waals surface area contributed by atoms with Gasteiger partial charge < -0.3 is 10.1 Å². The Kier molecular flexibility index (Phi) is 2.50. The summed E-state index contributed by atoms with van der Waals surface area (Å²) >= 11 is 0. The van der Waals surface area contributed by atoms with Gasteiger partial charge in [0.2, 0.25) is 0 Å². The topological polar surface area (TPSA) is 21.3 Å². The van der Waals surface area contributed by atoms with E-state index in [1.807, 2.05) is 0 Å². The normalized spacial score (nSPS) is 43.3. The summed E-state index contributed by atoms with van der Waals surface area (Å²) in [6, 6.07) is 1.62. The molecule has 0 spiro atoms. The highest BCUT2D eigenvalue weighted by molar-refractivity contribution is 4.99. The highest BCUT2D eigenvalue weighted by Crippen LogP contribution is 2.49. The Balaban J connectivity index is 1.50. The van der Waals surface area contributed by atoms with Gasteiger partial charge >= 0.3 is 0 Å². The van der Waals surface area contributed by atoms with E-state index in [2.05, 4.69) is 5.32 Å². The van der Waals surface area contributed by atoms with Crippen molar-refractivity contribution in [2.24, 2.45) is 11.8 Å². The van der Waals surface area contributed by atoms with Crippen molar-refractivity contribution in [1.82, 2.24) is 5.32 Å². The van der Waals surface area contributed by atoms with Crippen molar-refractivity contribution in [3.63, 3.8) is 0 Å². The molecule has 80 valence electrons. The molecule has 0 radical (unpaired) electrons. The van der Waals surface area contributed by atoms with Crippen LogP contribution in [0.4, 0.5) is 0 Å². The fourth-order valence-corrected chi connectivity index (χ4v) is 3.28. The van der Waals surface area contributed by atoms with Gasteiger partial charge in [0.05, 0.1) is 0 Å². The van der Waals surface area contributed by atoms with Crippen molar-refractivity contribution in [3.05, 3.63) is 0 Å². The van der Waals surface area contributed by atoms with Gasteiger partial charge in [-0.15, -0.1) is 0 Å². The molecule has 3 aliphatic rings. The molecule has 1 heterocycles. The Labute approximate surface area is 86.4 Å². The zero-order valence-corrected chi connectivity index (χ0v) is 8.87. The number of hydrogen-bond donors (Lipinski definition) is 1. The van der Waals surface area contributed by atoms with Crippen molar-refractivity contribution < 1.29 is 4.74 Å². The van der Waals surface area contributed by atoms with Gasteiger partial charge in [0.1, 0.15) is 0 Å². The largest absolute Gasteiger partial charge is 0.381 e. The molecular weight excluding hydrogens is 174 g/mol. The predicted octanol–water partition coefficient (Wildman–Crippen LogP) is 1.94. The Bertz CT molecular complexity index is 200. The van der Waals surface area contributed by atoms with E-state index in [1.54, 1.807) is 0 Å². The lowest BCUT2D eigenvalue weighted by atomic mass is 9.94. The highest BCUT2D eigenvalue weighted by Gasteiger charge is 2.45. The highest BCUT2D eigenvalue weighted by atomic mass is 16.5. The summed E-state index contributed by atoms with van der Waals surface area (Å²) in [5, 5.41) is 3.87. The molecule has 0 bridgehead atoms. The fraction of sp³-hybridized carbons (Fsp3) is 1.00. The monoisotopic (exact) mass is 195 g/mol. The molecule has 2 saturated carbocycles. The van der Waals surface area contributed by atoms with Crippen LogP contribution in [0.1, 0.15) is 38.5 Å². The van der Waals surface area contributed by atoms with Crippen LogP contribution in [0.25, 0.3) is 0 Å². The van der Waals surface area contributed by atoms with Crippen LogP contribution in [0.15, 0.2) is 0 Å². The van der Waals surface area contributed by atoms with Crippen LogP contribution in [0.2, 0.25) is 0 Å². The lowest BCUT2D eigenvalue weighted by Crippen LogP contribution is -2.43.